The van der Waals surface area contributed by atoms with Gasteiger partial charge < -0.3 is 9.80 Å². The fourth-order valence-electron chi connectivity index (χ4n) is 3.17. The molecule has 2 aromatic carbocycles. The molecule has 154 valence electrons. The van der Waals surface area contributed by atoms with Gasteiger partial charge in [-0.05, 0) is 31.2 Å². The Kier molecular flexibility index (Phi) is 6.66. The number of aryl methyl sites for hydroxylation is 1. The van der Waals surface area contributed by atoms with E-state index in [1.54, 1.807) is 46.2 Å². The second-order valence-corrected chi connectivity index (χ2v) is 8.77. The third kappa shape index (κ3) is 5.42. The van der Waals surface area contributed by atoms with E-state index in [0.717, 1.165) is 5.56 Å². The summed E-state index contributed by atoms with van der Waals surface area (Å²) in [5, 5.41) is 0. The zero-order valence-electron chi connectivity index (χ0n) is 16.4. The van der Waals surface area contributed by atoms with Gasteiger partial charge in [0, 0.05) is 44.7 Å². The molecular formula is C21H25N3O4S. The lowest BCUT2D eigenvalue weighted by Gasteiger charge is -2.35. The second kappa shape index (κ2) is 9.19. The Morgan fingerprint density at radius 3 is 2.10 bits per heavy atom. The van der Waals surface area contributed by atoms with Crippen LogP contribution in [0.25, 0.3) is 0 Å². The highest BCUT2D eigenvalue weighted by atomic mass is 32.2. The molecule has 1 aliphatic heterocycles. The van der Waals surface area contributed by atoms with Crippen molar-refractivity contribution in [3.05, 3.63) is 65.7 Å². The Balaban J connectivity index is 1.45. The first kappa shape index (κ1) is 21.0. The number of piperazine rings is 1. The molecular weight excluding hydrogens is 390 g/mol. The summed E-state index contributed by atoms with van der Waals surface area (Å²) in [4.78, 5) is 28.5. The van der Waals surface area contributed by atoms with E-state index >= 15 is 0 Å². The molecule has 0 radical (unpaired) electrons. The first-order valence-corrected chi connectivity index (χ1v) is 11.0. The maximum atomic E-state index is 12.5. The largest absolute Gasteiger partial charge is 0.339 e. The average Bonchev–Trinajstić information content (AvgIpc) is 2.74. The van der Waals surface area contributed by atoms with Gasteiger partial charge in [-0.15, -0.1) is 0 Å². The fourth-order valence-corrected chi connectivity index (χ4v) is 4.21. The van der Waals surface area contributed by atoms with Crippen LogP contribution in [0, 0.1) is 6.92 Å². The summed E-state index contributed by atoms with van der Waals surface area (Å²) < 4.78 is 27.0. The van der Waals surface area contributed by atoms with Gasteiger partial charge in [0.15, 0.2) is 0 Å². The van der Waals surface area contributed by atoms with Crippen molar-refractivity contribution >= 4 is 21.8 Å². The molecule has 8 heteroatoms. The van der Waals surface area contributed by atoms with Crippen molar-refractivity contribution in [3.63, 3.8) is 0 Å². The third-order valence-corrected chi connectivity index (χ3v) is 6.38. The van der Waals surface area contributed by atoms with E-state index < -0.39 is 10.0 Å². The van der Waals surface area contributed by atoms with Gasteiger partial charge in [0.2, 0.25) is 15.9 Å². The van der Waals surface area contributed by atoms with Gasteiger partial charge >= 0.3 is 0 Å². The zero-order valence-corrected chi connectivity index (χ0v) is 17.2. The number of amides is 2. The SMILES string of the molecule is Cc1ccc(S(=O)(=O)NCCC(=O)N2CCN(C(=O)c3ccccc3)CC2)cc1. The summed E-state index contributed by atoms with van der Waals surface area (Å²) in [6, 6.07) is 15.6. The lowest BCUT2D eigenvalue weighted by Crippen LogP contribution is -2.51. The number of carbonyl (C=O) groups is 2. The van der Waals surface area contributed by atoms with E-state index in [0.29, 0.717) is 31.7 Å². The van der Waals surface area contributed by atoms with Crippen molar-refractivity contribution in [1.82, 2.24) is 14.5 Å². The monoisotopic (exact) mass is 415 g/mol. The van der Waals surface area contributed by atoms with Crippen LogP contribution < -0.4 is 4.72 Å². The first-order chi connectivity index (χ1) is 13.9. The molecule has 1 heterocycles. The van der Waals surface area contributed by atoms with Crippen LogP contribution in [0.3, 0.4) is 0 Å². The van der Waals surface area contributed by atoms with Gasteiger partial charge in [-0.1, -0.05) is 35.9 Å². The topological polar surface area (TPSA) is 86.8 Å². The normalized spacial score (nSPS) is 14.7. The summed E-state index contributed by atoms with van der Waals surface area (Å²) in [5.74, 6) is -0.160. The molecule has 1 N–H and O–H groups in total. The number of sulfonamides is 1. The molecule has 0 saturated carbocycles. The molecule has 1 fully saturated rings. The van der Waals surface area contributed by atoms with Crippen LogP contribution in [0.15, 0.2) is 59.5 Å². The van der Waals surface area contributed by atoms with E-state index in [4.69, 9.17) is 0 Å². The third-order valence-electron chi connectivity index (χ3n) is 4.90. The van der Waals surface area contributed by atoms with Gasteiger partial charge in [-0.2, -0.15) is 0 Å². The number of nitrogens with one attached hydrogen (secondary N) is 1. The molecule has 0 unspecified atom stereocenters. The number of carbonyl (C=O) groups excluding carboxylic acids is 2. The Morgan fingerprint density at radius 1 is 0.897 bits per heavy atom. The molecule has 0 atom stereocenters. The van der Waals surface area contributed by atoms with Crippen molar-refractivity contribution in [3.8, 4) is 0 Å². The fraction of sp³-hybridized carbons (Fsp3) is 0.333. The first-order valence-electron chi connectivity index (χ1n) is 9.55. The van der Waals surface area contributed by atoms with Crippen LogP contribution in [0.2, 0.25) is 0 Å². The summed E-state index contributed by atoms with van der Waals surface area (Å²) in [5.41, 5.74) is 1.61. The van der Waals surface area contributed by atoms with E-state index in [2.05, 4.69) is 4.72 Å². The smallest absolute Gasteiger partial charge is 0.253 e. The molecule has 7 nitrogen and oxygen atoms in total. The Labute approximate surface area is 171 Å². The molecule has 3 rings (SSSR count). The summed E-state index contributed by atoms with van der Waals surface area (Å²) in [6.45, 7) is 3.75. The van der Waals surface area contributed by atoms with Crippen molar-refractivity contribution in [1.29, 1.82) is 0 Å². The number of nitrogens with zero attached hydrogens (tertiary/aromatic N) is 2. The Bertz CT molecular complexity index is 951. The average molecular weight is 416 g/mol. The Hall–Kier alpha value is -2.71. The van der Waals surface area contributed by atoms with Crippen LogP contribution in [0.5, 0.6) is 0 Å². The standard InChI is InChI=1S/C21H25N3O4S/c1-17-7-9-19(10-8-17)29(27,28)22-12-11-20(25)23-13-15-24(16-14-23)21(26)18-5-3-2-4-6-18/h2-10,22H,11-16H2,1H3. The molecule has 2 amide bonds. The summed E-state index contributed by atoms with van der Waals surface area (Å²) in [6.07, 6.45) is 0.0811. The molecule has 1 aliphatic rings. The van der Waals surface area contributed by atoms with Crippen LogP contribution >= 0.6 is 0 Å². The lowest BCUT2D eigenvalue weighted by molar-refractivity contribution is -0.132. The lowest BCUT2D eigenvalue weighted by atomic mass is 10.2. The highest BCUT2D eigenvalue weighted by Gasteiger charge is 2.25. The van der Waals surface area contributed by atoms with Crippen molar-refractivity contribution in [2.45, 2.75) is 18.2 Å². The van der Waals surface area contributed by atoms with Gasteiger partial charge in [-0.25, -0.2) is 13.1 Å². The van der Waals surface area contributed by atoms with Gasteiger partial charge in [0.25, 0.3) is 5.91 Å². The van der Waals surface area contributed by atoms with Crippen LogP contribution in [-0.4, -0.2) is 62.8 Å². The van der Waals surface area contributed by atoms with E-state index in [9.17, 15) is 18.0 Å². The molecule has 0 spiro atoms. The van der Waals surface area contributed by atoms with Crippen molar-refractivity contribution < 1.29 is 18.0 Å². The molecule has 0 bridgehead atoms. The van der Waals surface area contributed by atoms with Crippen molar-refractivity contribution in [2.75, 3.05) is 32.7 Å². The molecule has 0 aliphatic carbocycles. The highest BCUT2D eigenvalue weighted by Crippen LogP contribution is 2.11. The summed E-state index contributed by atoms with van der Waals surface area (Å²) in [7, 11) is -3.63. The zero-order chi connectivity index (χ0) is 20.9. The van der Waals surface area contributed by atoms with Crippen LogP contribution in [-0.2, 0) is 14.8 Å². The Morgan fingerprint density at radius 2 is 1.48 bits per heavy atom. The van der Waals surface area contributed by atoms with Crippen LogP contribution in [0.4, 0.5) is 0 Å². The summed E-state index contributed by atoms with van der Waals surface area (Å²) >= 11 is 0. The van der Waals surface area contributed by atoms with Gasteiger partial charge in [0.1, 0.15) is 0 Å². The molecule has 1 saturated heterocycles. The minimum absolute atomic E-state index is 0.0384. The highest BCUT2D eigenvalue weighted by molar-refractivity contribution is 7.89. The number of hydrogen-bond acceptors (Lipinski definition) is 4. The quantitative estimate of drug-likeness (QED) is 0.777. The van der Waals surface area contributed by atoms with Crippen molar-refractivity contribution in [2.24, 2.45) is 0 Å². The second-order valence-electron chi connectivity index (χ2n) is 7.00. The van der Waals surface area contributed by atoms with Gasteiger partial charge in [0.05, 0.1) is 4.90 Å². The minimum Gasteiger partial charge on any atom is -0.339 e. The maximum absolute atomic E-state index is 12.5. The van der Waals surface area contributed by atoms with E-state index in [-0.39, 0.29) is 29.7 Å². The predicted molar refractivity (Wildman–Crippen MR) is 110 cm³/mol. The molecule has 29 heavy (non-hydrogen) atoms. The van der Waals surface area contributed by atoms with E-state index in [1.165, 1.54) is 0 Å². The van der Waals surface area contributed by atoms with Crippen LogP contribution in [0.1, 0.15) is 22.3 Å². The number of rotatable bonds is 6. The predicted octanol–water partition coefficient (Wildman–Crippen LogP) is 1.65. The van der Waals surface area contributed by atoms with Gasteiger partial charge in [-0.3, -0.25) is 9.59 Å². The minimum atomic E-state index is -3.63. The number of hydrogen-bond donors (Lipinski definition) is 1. The number of benzene rings is 2. The molecule has 2 aromatic rings. The maximum Gasteiger partial charge on any atom is 0.253 e. The molecule has 0 aromatic heterocycles. The van der Waals surface area contributed by atoms with E-state index in [1.807, 2.05) is 25.1 Å².